The molecule has 2 atom stereocenters. The Morgan fingerprint density at radius 2 is 1.94 bits per heavy atom. The predicted molar refractivity (Wildman–Crippen MR) is 116 cm³/mol. The Labute approximate surface area is 190 Å². The molecule has 0 spiro atoms. The summed E-state index contributed by atoms with van der Waals surface area (Å²) in [4.78, 5) is 17.2. The van der Waals surface area contributed by atoms with Crippen LogP contribution in [0.15, 0.2) is 60.0 Å². The Bertz CT molecular complexity index is 1070. The predicted octanol–water partition coefficient (Wildman–Crippen LogP) is 2.56. The number of non-ortho nitro benzene ring substituents is 1. The topological polar surface area (TPSA) is 146 Å². The molecule has 1 heterocycles. The zero-order valence-electron chi connectivity index (χ0n) is 17.6. The molecule has 0 amide bonds. The first kappa shape index (κ1) is 24.5. The van der Waals surface area contributed by atoms with E-state index in [0.717, 1.165) is 24.3 Å². The minimum absolute atomic E-state index is 0.174. The van der Waals surface area contributed by atoms with Gasteiger partial charge in [-0.1, -0.05) is 11.0 Å². The Kier molecular flexibility index (Phi) is 8.22. The maximum absolute atomic E-state index is 12.4. The van der Waals surface area contributed by atoms with Crippen molar-refractivity contribution in [3.63, 3.8) is 0 Å². The molecule has 0 radical (unpaired) electrons. The van der Waals surface area contributed by atoms with Gasteiger partial charge in [0.1, 0.15) is 11.9 Å². The molecule has 2 aromatic carbocycles. The molecular formula is C21H24N2O9S. The van der Waals surface area contributed by atoms with E-state index in [-0.39, 0.29) is 24.0 Å². The van der Waals surface area contributed by atoms with Crippen LogP contribution in [0.5, 0.6) is 17.2 Å². The van der Waals surface area contributed by atoms with Crippen molar-refractivity contribution >= 4 is 15.7 Å². The van der Waals surface area contributed by atoms with Crippen LogP contribution in [0.4, 0.5) is 5.69 Å². The molecule has 2 aromatic rings. The number of nitro groups is 1. The molecular weight excluding hydrogens is 456 g/mol. The average Bonchev–Trinajstić information content (AvgIpc) is 3.28. The van der Waals surface area contributed by atoms with Gasteiger partial charge in [-0.15, -0.1) is 6.58 Å². The Balaban J connectivity index is 1.49. The molecule has 1 aliphatic rings. The summed E-state index contributed by atoms with van der Waals surface area (Å²) in [6, 6.07) is 9.61. The van der Waals surface area contributed by atoms with E-state index in [4.69, 9.17) is 19.0 Å². The zero-order valence-corrected chi connectivity index (χ0v) is 18.4. The molecule has 0 aliphatic carbocycles. The summed E-state index contributed by atoms with van der Waals surface area (Å²) in [5, 5.41) is 20.5. The number of hydrogen-bond acceptors (Lipinski definition) is 9. The second-order valence-electron chi connectivity index (χ2n) is 7.10. The number of aliphatic hydroxyl groups excluding tert-OH is 1. The number of sulfonamides is 1. The molecule has 0 fully saturated rings. The highest BCUT2D eigenvalue weighted by Gasteiger charge is 2.23. The van der Waals surface area contributed by atoms with E-state index in [1.165, 1.54) is 6.08 Å². The molecule has 12 heteroatoms. The Morgan fingerprint density at radius 1 is 1.21 bits per heavy atom. The van der Waals surface area contributed by atoms with Gasteiger partial charge in [0.25, 0.3) is 15.7 Å². The first-order chi connectivity index (χ1) is 15.8. The molecule has 0 bridgehead atoms. The van der Waals surface area contributed by atoms with Crippen molar-refractivity contribution in [1.82, 2.24) is 4.89 Å². The van der Waals surface area contributed by atoms with Crippen molar-refractivity contribution in [2.45, 2.75) is 23.8 Å². The quantitative estimate of drug-likeness (QED) is 0.191. The zero-order chi connectivity index (χ0) is 23.8. The van der Waals surface area contributed by atoms with Gasteiger partial charge in [-0.3, -0.25) is 15.0 Å². The summed E-state index contributed by atoms with van der Waals surface area (Å²) in [5.41, 5.74) is -0.234. The third kappa shape index (κ3) is 6.42. The monoisotopic (exact) mass is 480 g/mol. The fourth-order valence-electron chi connectivity index (χ4n) is 3.11. The lowest BCUT2D eigenvalue weighted by molar-refractivity contribution is -0.384. The van der Waals surface area contributed by atoms with Gasteiger partial charge in [0.05, 0.1) is 16.4 Å². The smallest absolute Gasteiger partial charge is 0.269 e. The molecule has 11 nitrogen and oxygen atoms in total. The standard InChI is InChI=1S/C21H24N2O9S/c1-2-19(32-22-33(27,28)18-8-5-16(6-9-18)23(25)26)15(13-24)4-3-11-29-17-7-10-20-21(12-17)31-14-30-20/h2,5-10,12,15,19,22,24H,1,3-4,11,13-14H2/t15-,19-/m0/s1. The molecule has 2 N–H and O–H groups in total. The van der Waals surface area contributed by atoms with Crippen molar-refractivity contribution in [3.05, 3.63) is 65.2 Å². The first-order valence-corrected chi connectivity index (χ1v) is 11.5. The van der Waals surface area contributed by atoms with Gasteiger partial charge in [0, 0.05) is 30.7 Å². The van der Waals surface area contributed by atoms with Crippen LogP contribution in [-0.4, -0.2) is 44.6 Å². The molecule has 1 aliphatic heterocycles. The van der Waals surface area contributed by atoms with Crippen LogP contribution in [0.2, 0.25) is 0 Å². The molecule has 33 heavy (non-hydrogen) atoms. The van der Waals surface area contributed by atoms with E-state index in [1.54, 1.807) is 18.2 Å². The van der Waals surface area contributed by atoms with Crippen molar-refractivity contribution in [2.75, 3.05) is 20.0 Å². The van der Waals surface area contributed by atoms with E-state index in [2.05, 4.69) is 6.58 Å². The van der Waals surface area contributed by atoms with Crippen LogP contribution < -0.4 is 19.1 Å². The lowest BCUT2D eigenvalue weighted by atomic mass is 9.98. The van der Waals surface area contributed by atoms with Crippen LogP contribution in [0.1, 0.15) is 12.8 Å². The Hall–Kier alpha value is -3.19. The number of nitrogens with one attached hydrogen (secondary N) is 1. The number of nitro benzene ring substituents is 1. The highest BCUT2D eigenvalue weighted by molar-refractivity contribution is 7.89. The minimum Gasteiger partial charge on any atom is -0.493 e. The van der Waals surface area contributed by atoms with E-state index < -0.39 is 27.0 Å². The molecule has 178 valence electrons. The largest absolute Gasteiger partial charge is 0.493 e. The van der Waals surface area contributed by atoms with Gasteiger partial charge >= 0.3 is 0 Å². The summed E-state index contributed by atoms with van der Waals surface area (Å²) in [5.74, 6) is 1.44. The van der Waals surface area contributed by atoms with Gasteiger partial charge in [-0.25, -0.2) is 8.42 Å². The van der Waals surface area contributed by atoms with Gasteiger partial charge in [-0.2, -0.15) is 0 Å². The SMILES string of the molecule is C=C[C@H](ONS(=O)(=O)c1ccc([N+](=O)[O-])cc1)[C@H](CO)CCCOc1ccc2c(c1)OCO2. The van der Waals surface area contributed by atoms with Crippen LogP contribution in [0, 0.1) is 16.0 Å². The van der Waals surface area contributed by atoms with Crippen LogP contribution >= 0.6 is 0 Å². The third-order valence-electron chi connectivity index (χ3n) is 4.92. The van der Waals surface area contributed by atoms with E-state index in [9.17, 15) is 23.6 Å². The van der Waals surface area contributed by atoms with Crippen molar-refractivity contribution in [1.29, 1.82) is 0 Å². The fraction of sp³-hybridized carbons (Fsp3) is 0.333. The number of aliphatic hydroxyl groups is 1. The molecule has 0 unspecified atom stereocenters. The maximum atomic E-state index is 12.4. The number of rotatable bonds is 13. The van der Waals surface area contributed by atoms with E-state index in [0.29, 0.717) is 36.7 Å². The lowest BCUT2D eigenvalue weighted by Gasteiger charge is -2.22. The van der Waals surface area contributed by atoms with Crippen molar-refractivity contribution in [3.8, 4) is 17.2 Å². The Morgan fingerprint density at radius 3 is 2.61 bits per heavy atom. The van der Waals surface area contributed by atoms with Crippen molar-refractivity contribution < 1.29 is 37.5 Å². The van der Waals surface area contributed by atoms with Crippen LogP contribution in [0.3, 0.4) is 0 Å². The number of ether oxygens (including phenoxy) is 3. The first-order valence-electron chi connectivity index (χ1n) is 10.0. The highest BCUT2D eigenvalue weighted by atomic mass is 32.2. The van der Waals surface area contributed by atoms with E-state index >= 15 is 0 Å². The summed E-state index contributed by atoms with van der Waals surface area (Å²) in [6.45, 7) is 3.91. The number of nitrogens with zero attached hydrogens (tertiary/aromatic N) is 1. The molecule has 0 saturated carbocycles. The number of hydrogen-bond donors (Lipinski definition) is 2. The highest BCUT2D eigenvalue weighted by Crippen LogP contribution is 2.35. The number of fused-ring (bicyclic) bond motifs is 1. The molecule has 3 rings (SSSR count). The van der Waals surface area contributed by atoms with Crippen molar-refractivity contribution in [2.24, 2.45) is 5.92 Å². The number of benzene rings is 2. The normalized spacial score (nSPS) is 14.5. The summed E-state index contributed by atoms with van der Waals surface area (Å²) < 4.78 is 41.0. The maximum Gasteiger partial charge on any atom is 0.269 e. The second-order valence-corrected chi connectivity index (χ2v) is 8.75. The summed E-state index contributed by atoms with van der Waals surface area (Å²) in [7, 11) is -4.09. The lowest BCUT2D eigenvalue weighted by Crippen LogP contribution is -2.34. The van der Waals surface area contributed by atoms with E-state index in [1.807, 2.05) is 4.89 Å². The van der Waals surface area contributed by atoms with Gasteiger partial charge in [0.2, 0.25) is 6.79 Å². The molecule has 0 aromatic heterocycles. The van der Waals surface area contributed by atoms with Crippen LogP contribution in [0.25, 0.3) is 0 Å². The minimum atomic E-state index is -4.09. The van der Waals surface area contributed by atoms with Gasteiger partial charge < -0.3 is 19.3 Å². The average molecular weight is 480 g/mol. The van der Waals surface area contributed by atoms with Gasteiger partial charge in [-0.05, 0) is 37.1 Å². The van der Waals surface area contributed by atoms with Gasteiger partial charge in [0.15, 0.2) is 11.5 Å². The third-order valence-corrected chi connectivity index (χ3v) is 6.12. The summed E-state index contributed by atoms with van der Waals surface area (Å²) >= 11 is 0. The fourth-order valence-corrected chi connectivity index (χ4v) is 3.94. The molecule has 0 saturated heterocycles. The summed E-state index contributed by atoms with van der Waals surface area (Å²) in [6.07, 6.45) is 1.60. The van der Waals surface area contributed by atoms with Crippen LogP contribution in [-0.2, 0) is 14.9 Å². The second kappa shape index (κ2) is 11.1.